The topological polar surface area (TPSA) is 103 Å². The molecule has 1 atom stereocenters. The molecule has 0 aliphatic heterocycles. The SMILES string of the molecule is [2H]c1[c-]c(-c2cc(C(C)C)c([Si](C)(C)C)cn2)cc([2H])c1[2H].[2H]c1[c-]c(-c2cc(C(C)CC)c([Si](C)(C)C)cn2)cc([2H])c1[2H].[2H]c1[c-]c(-c2cc(CC(C)C)c([Si](C)(C)C)cn2)cc([2H])c1[2H].[2H]c1[c-]c(-c2cc(CC)c([Si](C)(C)C)cn2)cc([2H])c1[2H].[2H]c1[c-]c(-c2nc([2H])c([2H])c([2H])c2[2H])c([2H])c([2H])c1[2H].[2H]c1[c-]c(-c2nc([2H])c([2H])c([2H])c2[2H])c([2H])c([2H])c1[2H].[2H]c1[c-]c(-c2nc([2H])c([2H])c([2H])c2[2H])c([2H])c([2H])c1[2H].[2H]c1[c-]c(-c2nc([2H])c([2H])c([2H])c2[2H])c([2H])c([2H])c1[2H].[Ir].[Ir].[Ir].[Ir]. The molecule has 16 rings (SSSR count). The second-order valence-electron chi connectivity index (χ2n) is 32.3. The summed E-state index contributed by atoms with van der Waals surface area (Å²) >= 11 is 0. The van der Waals surface area contributed by atoms with Gasteiger partial charge in [0.05, 0.1) is 54.2 Å². The summed E-state index contributed by atoms with van der Waals surface area (Å²) in [4.78, 5) is 32.9. The number of rotatable bonds is 18. The van der Waals surface area contributed by atoms with E-state index in [1.54, 1.807) is 24.3 Å². The molecule has 129 heavy (non-hydrogen) atoms. The van der Waals surface area contributed by atoms with Crippen molar-refractivity contribution in [2.24, 2.45) is 5.92 Å². The zero-order valence-corrected chi connectivity index (χ0v) is 88.3. The van der Waals surface area contributed by atoms with Crippen molar-refractivity contribution in [3.8, 4) is 90.1 Å². The maximum Gasteiger partial charge on any atom is 0.0830 e. The van der Waals surface area contributed by atoms with Gasteiger partial charge in [0.1, 0.15) is 0 Å². The molecule has 0 bridgehead atoms. The van der Waals surface area contributed by atoms with E-state index in [0.29, 0.717) is 40.0 Å². The van der Waals surface area contributed by atoms with E-state index in [2.05, 4.69) is 234 Å². The fourth-order valence-corrected chi connectivity index (χ4v) is 18.2. The van der Waals surface area contributed by atoms with Gasteiger partial charge in [-0.15, -0.1) is 286 Å². The maximum absolute atomic E-state index is 7.82. The Morgan fingerprint density at radius 1 is 0.271 bits per heavy atom. The molecule has 0 aliphatic rings. The van der Waals surface area contributed by atoms with Gasteiger partial charge in [0.2, 0.25) is 0 Å². The van der Waals surface area contributed by atoms with Crippen LogP contribution in [0.5, 0.6) is 0 Å². The Balaban J connectivity index is 0.000000344. The minimum atomic E-state index is -1.49. The fourth-order valence-electron chi connectivity index (χ4n) is 11.7. The standard InChI is InChI=1S/2C18H24NSi.C17H22NSi.C16H20NSi.4C11H8N.4Ir/c1-14(2)11-16-12-17(15-9-7-6-8-10-15)19-13-18(16)20(3,4)5;1-6-14(2)16-12-17(15-10-8-7-9-11-15)19-13-18(16)20(3,4)5;1-13(2)15-11-16(14-9-7-6-8-10-14)18-12-17(15)19(3,4)5;1-5-13-11-15(14-9-7-6-8-10-14)17-12-16(13)18(2,3)4;4*1-2-6-10(7-3-1)11-8-4-5-9-12-11;;;;/h6-9,12-14H,11H2,1-5H3;7-10,12-14H,6H2,1-5H3;6-9,11-13H,1-5H3;6-9,11-12H,5H2,1-4H3;4*1-6,8-9H;;;;/q8*-1;;;;/i6D,7D,8D;7D,8D,9D;2*6D,7D,8D;4*1D,2D,3D,4D,5D,6D,8D,9D;;;;. The molecule has 0 saturated heterocycles. The van der Waals surface area contributed by atoms with Crippen molar-refractivity contribution in [3.63, 3.8) is 0 Å². The number of hydrogen-bond acceptors (Lipinski definition) is 8. The van der Waals surface area contributed by atoms with Crippen LogP contribution in [-0.4, -0.2) is 72.2 Å². The Hall–Kier alpha value is -9.58. The van der Waals surface area contributed by atoms with Gasteiger partial charge in [0, 0.05) is 152 Å². The van der Waals surface area contributed by atoms with Crippen LogP contribution in [0.1, 0.15) is 149 Å². The van der Waals surface area contributed by atoms with Crippen LogP contribution in [0.3, 0.4) is 0 Å². The van der Waals surface area contributed by atoms with Crippen molar-refractivity contribution in [2.45, 2.75) is 158 Å². The summed E-state index contributed by atoms with van der Waals surface area (Å²) in [5.74, 6) is 1.39. The van der Waals surface area contributed by atoms with Gasteiger partial charge in [-0.2, -0.15) is 0 Å². The van der Waals surface area contributed by atoms with Gasteiger partial charge in [-0.05, 0) is 144 Å². The minimum Gasteiger partial charge on any atom is -0.305 e. The smallest absolute Gasteiger partial charge is 0.0830 e. The zero-order valence-electron chi connectivity index (χ0n) is 119. The van der Waals surface area contributed by atoms with Crippen molar-refractivity contribution < 1.29 is 141 Å². The van der Waals surface area contributed by atoms with E-state index in [1.807, 2.05) is 30.9 Å². The third kappa shape index (κ3) is 36.3. The van der Waals surface area contributed by atoms with Crippen molar-refractivity contribution >= 4 is 53.0 Å². The molecule has 8 aromatic carbocycles. The molecule has 0 saturated carbocycles. The summed E-state index contributed by atoms with van der Waals surface area (Å²) in [7, 11) is -5.87. The van der Waals surface area contributed by atoms with Crippen molar-refractivity contribution in [2.75, 3.05) is 0 Å². The summed E-state index contributed by atoms with van der Waals surface area (Å²) in [5, 5.41) is 5.43. The van der Waals surface area contributed by atoms with E-state index in [4.69, 9.17) is 60.3 Å². The van der Waals surface area contributed by atoms with Crippen molar-refractivity contribution in [3.05, 3.63) is 410 Å². The second-order valence-corrected chi connectivity index (χ2v) is 52.4. The molecule has 0 N–H and O–H groups in total. The van der Waals surface area contributed by atoms with Crippen LogP contribution in [0, 0.1) is 54.4 Å². The first-order chi connectivity index (χ1) is 78.1. The third-order valence-electron chi connectivity index (χ3n) is 18.0. The van der Waals surface area contributed by atoms with Crippen LogP contribution in [0.25, 0.3) is 90.1 Å². The number of nitrogens with zero attached hydrogens (tertiary/aromatic N) is 8. The Morgan fingerprint density at radius 3 is 0.791 bits per heavy atom. The van der Waals surface area contributed by atoms with E-state index in [-0.39, 0.29) is 198 Å². The van der Waals surface area contributed by atoms with E-state index < -0.39 is 226 Å². The quantitative estimate of drug-likeness (QED) is 0.0618. The molecular formula is C113H122Ir4N8Si4-8. The van der Waals surface area contributed by atoms with Crippen LogP contribution in [0.15, 0.2) is 340 Å². The maximum atomic E-state index is 7.82. The molecule has 0 fully saturated rings. The van der Waals surface area contributed by atoms with Crippen LogP contribution >= 0.6 is 0 Å². The van der Waals surface area contributed by atoms with Crippen molar-refractivity contribution in [1.29, 1.82) is 0 Å². The summed E-state index contributed by atoms with van der Waals surface area (Å²) in [6.45, 7) is 43.0. The average molecular weight is 2520 g/mol. The number of benzene rings is 8. The van der Waals surface area contributed by atoms with Gasteiger partial charge < -0.3 is 39.9 Å². The Labute approximate surface area is 892 Å². The molecule has 8 nitrogen and oxygen atoms in total. The number of aryl methyl sites for hydroxylation is 1. The van der Waals surface area contributed by atoms with Gasteiger partial charge in [-0.1, -0.05) is 222 Å². The van der Waals surface area contributed by atoms with Crippen LogP contribution in [0.2, 0.25) is 78.6 Å². The first kappa shape index (κ1) is 59.8. The molecule has 8 aromatic heterocycles. The molecular weight excluding hydrogens is 2350 g/mol. The molecule has 1 unspecified atom stereocenters. The summed E-state index contributed by atoms with van der Waals surface area (Å²) in [6, 6.07) is 22.0. The van der Waals surface area contributed by atoms with Crippen molar-refractivity contribution in [1.82, 2.24) is 39.9 Å². The molecule has 8 heterocycles. The molecule has 16 heteroatoms. The summed E-state index contributed by atoms with van der Waals surface area (Å²) < 4.78 is 334. The van der Waals surface area contributed by atoms with E-state index >= 15 is 0 Å². The zero-order chi connectivity index (χ0) is 128. The predicted molar refractivity (Wildman–Crippen MR) is 541 cm³/mol. The molecule has 16 aromatic rings. The van der Waals surface area contributed by atoms with Crippen LogP contribution in [0.4, 0.5) is 0 Å². The number of pyridine rings is 8. The normalized spacial score (nSPS) is 15.6. The van der Waals surface area contributed by atoms with E-state index in [0.717, 1.165) is 42.0 Å². The van der Waals surface area contributed by atoms with Gasteiger partial charge in [-0.25, -0.2) is 0 Å². The molecule has 0 spiro atoms. The van der Waals surface area contributed by atoms with Gasteiger partial charge in [-0.3, -0.25) is 0 Å². The largest absolute Gasteiger partial charge is 0.305 e. The van der Waals surface area contributed by atoms with E-state index in [1.165, 1.54) is 43.0 Å². The average Bonchev–Trinajstić information content (AvgIpc) is 0.772. The second kappa shape index (κ2) is 56.2. The monoisotopic (exact) mass is 2520 g/mol. The third-order valence-corrected chi connectivity index (χ3v) is 26.2. The number of hydrogen-bond donors (Lipinski definition) is 0. The fraction of sp³-hybridized carbons (Fsp3) is 0.221. The first-order valence-electron chi connectivity index (χ1n) is 61.9. The molecule has 0 amide bonds. The van der Waals surface area contributed by atoms with Crippen LogP contribution < -0.4 is 20.7 Å². The Kier molecular flexibility index (Phi) is 26.0. The van der Waals surface area contributed by atoms with Gasteiger partial charge in [0.25, 0.3) is 0 Å². The predicted octanol–water partition coefficient (Wildman–Crippen LogP) is 27.0. The molecule has 0 aliphatic carbocycles. The molecule has 4 radical (unpaired) electrons. The van der Waals surface area contributed by atoms with E-state index in [9.17, 15) is 0 Å². The first-order valence-corrected chi connectivity index (χ1v) is 53.9. The Bertz CT molecular complexity index is 7840. The number of aromatic nitrogens is 8. The van der Waals surface area contributed by atoms with Gasteiger partial charge in [0.15, 0.2) is 0 Å². The summed E-state index contributed by atoms with van der Waals surface area (Å²) in [6.07, 6.45) is 8.72. The van der Waals surface area contributed by atoms with Crippen LogP contribution in [-0.2, 0) is 93.3 Å². The van der Waals surface area contributed by atoms with Gasteiger partial charge >= 0.3 is 0 Å². The Morgan fingerprint density at radius 2 is 0.519 bits per heavy atom. The molecule has 674 valence electrons. The summed E-state index contributed by atoms with van der Waals surface area (Å²) in [5.41, 5.74) is 8.93. The minimum absolute atomic E-state index is 0.